The topological polar surface area (TPSA) is 141 Å². The maximum absolute atomic E-state index is 12.4. The van der Waals surface area contributed by atoms with Crippen LogP contribution < -0.4 is 16.2 Å². The first-order chi connectivity index (χ1) is 17.4. The van der Waals surface area contributed by atoms with Gasteiger partial charge in [-0.3, -0.25) is 4.79 Å². The summed E-state index contributed by atoms with van der Waals surface area (Å²) in [5.41, 5.74) is 9.35. The van der Waals surface area contributed by atoms with Gasteiger partial charge in [0, 0.05) is 42.3 Å². The summed E-state index contributed by atoms with van der Waals surface area (Å²) in [6.45, 7) is 6.51. The Kier molecular flexibility index (Phi) is 6.17. The molecule has 2 aromatic heterocycles. The second-order valence-corrected chi connectivity index (χ2v) is 9.19. The minimum Gasteiger partial charge on any atom is -0.502 e. The molecule has 36 heavy (non-hydrogen) atoms. The highest BCUT2D eigenvalue weighted by Crippen LogP contribution is 2.34. The zero-order valence-corrected chi connectivity index (χ0v) is 20.4. The van der Waals surface area contributed by atoms with E-state index in [1.54, 1.807) is 17.0 Å². The van der Waals surface area contributed by atoms with Crippen molar-refractivity contribution in [3.63, 3.8) is 0 Å². The molecule has 188 valence electrons. The van der Waals surface area contributed by atoms with E-state index in [-0.39, 0.29) is 17.8 Å². The second-order valence-electron chi connectivity index (χ2n) is 9.19. The van der Waals surface area contributed by atoms with Crippen molar-refractivity contribution in [2.24, 2.45) is 0 Å². The number of aromatic nitrogens is 3. The number of nitrogen functional groups attached to an aromatic ring is 1. The van der Waals surface area contributed by atoms with E-state index in [1.807, 2.05) is 24.3 Å². The quantitative estimate of drug-likeness (QED) is 0.312. The van der Waals surface area contributed by atoms with Crippen molar-refractivity contribution in [1.29, 1.82) is 0 Å². The number of piperazine rings is 1. The predicted molar refractivity (Wildman–Crippen MR) is 140 cm³/mol. The number of nitrogens with two attached hydrogens (primary N) is 1. The smallest absolute Gasteiger partial charge is 0.409 e. The molecule has 1 amide bonds. The van der Waals surface area contributed by atoms with Crippen LogP contribution in [0.4, 0.5) is 16.2 Å². The normalized spacial score (nSPS) is 16.1. The number of unbranched alkanes of at least 4 members (excludes halogenated alkanes) is 1. The molecule has 5 rings (SSSR count). The molecule has 1 fully saturated rings. The number of carbonyl (C=O) groups is 1. The monoisotopic (exact) mass is 490 g/mol. The first-order valence-corrected chi connectivity index (χ1v) is 12.2. The molecule has 0 aliphatic carbocycles. The number of imidazole rings is 1. The summed E-state index contributed by atoms with van der Waals surface area (Å²) in [6.07, 6.45) is 1.62. The lowest BCUT2D eigenvalue weighted by atomic mass is 10.1. The van der Waals surface area contributed by atoms with E-state index >= 15 is 0 Å². The van der Waals surface area contributed by atoms with E-state index in [4.69, 9.17) is 15.5 Å². The van der Waals surface area contributed by atoms with E-state index in [9.17, 15) is 14.7 Å². The van der Waals surface area contributed by atoms with Crippen molar-refractivity contribution >= 4 is 39.4 Å². The Hall–Kier alpha value is -4.21. The van der Waals surface area contributed by atoms with E-state index < -0.39 is 11.3 Å². The minimum absolute atomic E-state index is 0.0189. The van der Waals surface area contributed by atoms with Crippen molar-refractivity contribution in [2.75, 3.05) is 36.9 Å². The predicted octanol–water partition coefficient (Wildman–Crippen LogP) is 3.81. The number of ether oxygens (including phenoxy) is 1. The van der Waals surface area contributed by atoms with Crippen molar-refractivity contribution < 1.29 is 14.6 Å². The zero-order valence-electron chi connectivity index (χ0n) is 20.4. The largest absolute Gasteiger partial charge is 0.502 e. The van der Waals surface area contributed by atoms with Crippen LogP contribution in [0.5, 0.6) is 5.75 Å². The fourth-order valence-electron chi connectivity index (χ4n) is 4.77. The lowest BCUT2D eigenvalue weighted by molar-refractivity contribution is 0.0945. The Morgan fingerprint density at radius 3 is 2.83 bits per heavy atom. The van der Waals surface area contributed by atoms with Crippen LogP contribution in [0.15, 0.2) is 41.2 Å². The molecule has 1 aliphatic heterocycles. The minimum atomic E-state index is -0.630. The number of amides is 1. The summed E-state index contributed by atoms with van der Waals surface area (Å²) in [5, 5.41) is 10.6. The number of hydrogen-bond donors (Lipinski definition) is 4. The molecule has 1 unspecified atom stereocenters. The molecule has 0 spiro atoms. The number of nitrogens with zero attached hydrogens (tertiary/aromatic N) is 3. The number of aromatic amines is 2. The average molecular weight is 491 g/mol. The Balaban J connectivity index is 1.41. The van der Waals surface area contributed by atoms with E-state index in [1.165, 1.54) is 0 Å². The molecule has 1 saturated heterocycles. The number of aromatic hydroxyl groups is 1. The number of hydrogen-bond acceptors (Lipinski definition) is 7. The Morgan fingerprint density at radius 2 is 2.06 bits per heavy atom. The molecule has 1 aliphatic rings. The lowest BCUT2D eigenvalue weighted by Gasteiger charge is -2.40. The maximum Gasteiger partial charge on any atom is 0.409 e. The number of anilines is 2. The number of carbonyl (C=O) groups excluding carboxylic acids is 1. The van der Waals surface area contributed by atoms with Gasteiger partial charge in [0.05, 0.1) is 28.8 Å². The molecule has 0 saturated carbocycles. The van der Waals surface area contributed by atoms with Gasteiger partial charge < -0.3 is 35.3 Å². The van der Waals surface area contributed by atoms with Gasteiger partial charge in [-0.15, -0.1) is 0 Å². The summed E-state index contributed by atoms with van der Waals surface area (Å²) in [6, 6.07) is 11.5. The van der Waals surface area contributed by atoms with Crippen LogP contribution in [0.1, 0.15) is 26.7 Å². The Labute approximate surface area is 207 Å². The first-order valence-electron chi connectivity index (χ1n) is 12.2. The average Bonchev–Trinajstić information content (AvgIpc) is 3.30. The van der Waals surface area contributed by atoms with Gasteiger partial charge in [0.15, 0.2) is 0 Å². The molecule has 4 aromatic rings. The maximum atomic E-state index is 12.4. The number of nitrogens with one attached hydrogen (secondary N) is 2. The van der Waals surface area contributed by atoms with Gasteiger partial charge >= 0.3 is 6.09 Å². The number of H-pyrrole nitrogens is 2. The second kappa shape index (κ2) is 9.44. The number of rotatable bonds is 5. The summed E-state index contributed by atoms with van der Waals surface area (Å²) in [7, 11) is 0. The van der Waals surface area contributed by atoms with Gasteiger partial charge in [-0.05, 0) is 37.6 Å². The molecule has 1 atom stereocenters. The first kappa shape index (κ1) is 23.5. The van der Waals surface area contributed by atoms with Crippen LogP contribution in [-0.2, 0) is 4.74 Å². The molecule has 0 bridgehead atoms. The van der Waals surface area contributed by atoms with E-state index in [0.717, 1.165) is 29.6 Å². The third-order valence-corrected chi connectivity index (χ3v) is 6.71. The Morgan fingerprint density at radius 1 is 1.22 bits per heavy atom. The van der Waals surface area contributed by atoms with Crippen molar-refractivity contribution in [1.82, 2.24) is 19.9 Å². The third kappa shape index (κ3) is 4.19. The third-order valence-electron chi connectivity index (χ3n) is 6.71. The number of fused-ring (bicyclic) bond motifs is 2. The summed E-state index contributed by atoms with van der Waals surface area (Å²) in [5.74, 6) is 0.0781. The fraction of sp³-hybridized carbons (Fsp3) is 0.346. The summed E-state index contributed by atoms with van der Waals surface area (Å²) in [4.78, 5) is 39.1. The molecule has 2 aromatic carbocycles. The van der Waals surface area contributed by atoms with Gasteiger partial charge in [0.25, 0.3) is 5.56 Å². The molecule has 3 heterocycles. The lowest BCUT2D eigenvalue weighted by Crippen LogP contribution is -2.54. The summed E-state index contributed by atoms with van der Waals surface area (Å²) >= 11 is 0. The van der Waals surface area contributed by atoms with Gasteiger partial charge in [-0.1, -0.05) is 25.5 Å². The van der Waals surface area contributed by atoms with Crippen molar-refractivity contribution in [3.8, 4) is 17.1 Å². The van der Waals surface area contributed by atoms with E-state index in [2.05, 4.69) is 28.7 Å². The van der Waals surface area contributed by atoms with Crippen molar-refractivity contribution in [3.05, 3.63) is 46.8 Å². The molecular formula is C26H30N6O4. The molecular weight excluding hydrogens is 460 g/mol. The van der Waals surface area contributed by atoms with Crippen molar-refractivity contribution in [2.45, 2.75) is 32.7 Å². The SMILES string of the molecule is CCCCOC(=O)N1CCN(c2ccc3nc(-c4cccc5[nH]c(=O)c(O)c(N)c45)[nH]c3c2)C(C)C1. The van der Waals surface area contributed by atoms with Crippen LogP contribution in [0.2, 0.25) is 0 Å². The summed E-state index contributed by atoms with van der Waals surface area (Å²) < 4.78 is 5.38. The fourth-order valence-corrected chi connectivity index (χ4v) is 4.77. The van der Waals surface area contributed by atoms with Gasteiger partial charge in [0.2, 0.25) is 5.75 Å². The number of pyridine rings is 1. The van der Waals surface area contributed by atoms with Crippen LogP contribution in [0.3, 0.4) is 0 Å². The highest BCUT2D eigenvalue weighted by molar-refractivity contribution is 6.03. The molecule has 10 heteroatoms. The van der Waals surface area contributed by atoms with Crippen LogP contribution in [0, 0.1) is 0 Å². The molecule has 0 radical (unpaired) electrons. The standard InChI is InChI=1S/C26H30N6O4/c1-3-4-12-36-26(35)31-10-11-32(15(2)14-31)16-8-9-18-20(13-16)29-24(28-18)17-6-5-7-19-21(17)22(27)23(33)25(34)30-19/h5-9,13,15,33H,3-4,10-12,14H2,1-2H3,(H,28,29)(H3,27,30,34). The highest BCUT2D eigenvalue weighted by Gasteiger charge is 2.28. The van der Waals surface area contributed by atoms with Crippen LogP contribution in [0.25, 0.3) is 33.3 Å². The van der Waals surface area contributed by atoms with Gasteiger partial charge in [0.1, 0.15) is 5.82 Å². The van der Waals surface area contributed by atoms with Crippen LogP contribution in [-0.4, -0.2) is 63.3 Å². The zero-order chi connectivity index (χ0) is 25.4. The number of benzene rings is 2. The van der Waals surface area contributed by atoms with Gasteiger partial charge in [-0.25, -0.2) is 9.78 Å². The molecule has 5 N–H and O–H groups in total. The molecule has 10 nitrogen and oxygen atoms in total. The highest BCUT2D eigenvalue weighted by atomic mass is 16.6. The van der Waals surface area contributed by atoms with E-state index in [0.29, 0.717) is 48.5 Å². The van der Waals surface area contributed by atoms with Crippen LogP contribution >= 0.6 is 0 Å². The Bertz CT molecular complexity index is 1490. The van der Waals surface area contributed by atoms with Gasteiger partial charge in [-0.2, -0.15) is 0 Å².